The number of quaternary nitrogens is 1. The van der Waals surface area contributed by atoms with Gasteiger partial charge in [0.2, 0.25) is 0 Å². The van der Waals surface area contributed by atoms with E-state index in [2.05, 4.69) is 12.2 Å². The third-order valence-electron chi connectivity index (χ3n) is 6.53. The molecular formula is C28H61N3O5P+. The first kappa shape index (κ1) is 36.3. The summed E-state index contributed by atoms with van der Waals surface area (Å²) in [4.78, 5) is 23.9. The molecule has 2 amide bonds. The Bertz CT molecular complexity index is 587. The molecule has 0 spiro atoms. The van der Waals surface area contributed by atoms with E-state index in [1.54, 1.807) is 4.90 Å². The van der Waals surface area contributed by atoms with E-state index in [-0.39, 0.29) is 25.8 Å². The second kappa shape index (κ2) is 23.2. The van der Waals surface area contributed by atoms with Gasteiger partial charge in [0, 0.05) is 19.6 Å². The summed E-state index contributed by atoms with van der Waals surface area (Å²) >= 11 is 0. The monoisotopic (exact) mass is 550 g/mol. The van der Waals surface area contributed by atoms with Crippen LogP contribution >= 0.6 is 7.82 Å². The number of unbranched alkanes of at least 4 members (excludes halogenated alkanes) is 15. The zero-order valence-electron chi connectivity index (χ0n) is 25.0. The van der Waals surface area contributed by atoms with Crippen LogP contribution in [-0.2, 0) is 13.6 Å². The summed E-state index contributed by atoms with van der Waals surface area (Å²) in [6.45, 7) is 6.27. The molecule has 0 radical (unpaired) electrons. The Morgan fingerprint density at radius 3 is 1.59 bits per heavy atom. The van der Waals surface area contributed by atoms with E-state index < -0.39 is 7.82 Å². The highest BCUT2D eigenvalue weighted by Gasteiger charge is 2.23. The first-order valence-corrected chi connectivity index (χ1v) is 16.6. The van der Waals surface area contributed by atoms with E-state index in [0.717, 1.165) is 12.8 Å². The van der Waals surface area contributed by atoms with Crippen molar-refractivity contribution in [3.8, 4) is 0 Å². The van der Waals surface area contributed by atoms with Crippen molar-refractivity contribution in [2.24, 2.45) is 0 Å². The topological polar surface area (TPSA) is 88.1 Å². The molecule has 0 aromatic carbocycles. The fourth-order valence-corrected chi connectivity index (χ4v) is 4.86. The van der Waals surface area contributed by atoms with E-state index >= 15 is 0 Å². The minimum Gasteiger partial charge on any atom is -0.338 e. The molecule has 0 aromatic heterocycles. The Hall–Kier alpha value is -0.660. The fourth-order valence-electron chi connectivity index (χ4n) is 4.16. The maximum atomic E-state index is 12.4. The maximum absolute atomic E-state index is 12.4. The van der Waals surface area contributed by atoms with Crippen LogP contribution in [0.5, 0.6) is 0 Å². The van der Waals surface area contributed by atoms with Crippen molar-refractivity contribution in [1.82, 2.24) is 10.2 Å². The minimum atomic E-state index is -4.11. The van der Waals surface area contributed by atoms with Crippen LogP contribution in [-0.4, -0.2) is 80.8 Å². The molecule has 222 valence electrons. The summed E-state index contributed by atoms with van der Waals surface area (Å²) in [7, 11) is 1.83. The second-order valence-corrected chi connectivity index (χ2v) is 12.7. The van der Waals surface area contributed by atoms with Crippen LogP contribution in [0.2, 0.25) is 0 Å². The standard InChI is InChI=1S/C28H60N3O5P/c1-6-8-9-10-11-12-13-14-15-16-17-18-19-20-21-22-23-30(28(32)29-7-2)24-26-35-37(33,34)36-27-25-31(3,4)5/h6-27H2,1-5H3,(H-,29,32,33,34)/p+1. The van der Waals surface area contributed by atoms with E-state index in [0.29, 0.717) is 24.1 Å². The van der Waals surface area contributed by atoms with Gasteiger partial charge in [0.1, 0.15) is 13.2 Å². The Morgan fingerprint density at radius 1 is 0.730 bits per heavy atom. The number of rotatable bonds is 26. The van der Waals surface area contributed by atoms with Crippen LogP contribution in [0.4, 0.5) is 4.79 Å². The van der Waals surface area contributed by atoms with Crippen LogP contribution in [0, 0.1) is 0 Å². The lowest BCUT2D eigenvalue weighted by Crippen LogP contribution is -2.42. The van der Waals surface area contributed by atoms with Crippen LogP contribution in [0.25, 0.3) is 0 Å². The molecule has 0 aliphatic heterocycles. The number of carbonyl (C=O) groups excluding carboxylic acids is 1. The highest BCUT2D eigenvalue weighted by molar-refractivity contribution is 7.47. The van der Waals surface area contributed by atoms with E-state index in [4.69, 9.17) is 9.05 Å². The molecule has 0 saturated carbocycles. The summed E-state index contributed by atoms with van der Waals surface area (Å²) in [5.41, 5.74) is 0. The molecule has 2 N–H and O–H groups in total. The Morgan fingerprint density at radius 2 is 1.16 bits per heavy atom. The number of nitrogens with one attached hydrogen (secondary N) is 1. The highest BCUT2D eigenvalue weighted by Crippen LogP contribution is 2.42. The zero-order valence-corrected chi connectivity index (χ0v) is 25.9. The lowest BCUT2D eigenvalue weighted by atomic mass is 10.0. The first-order chi connectivity index (χ1) is 17.6. The number of likely N-dealkylation sites (N-methyl/N-ethyl adjacent to an activating group) is 1. The molecule has 0 heterocycles. The number of hydrogen-bond donors (Lipinski definition) is 2. The third-order valence-corrected chi connectivity index (χ3v) is 7.55. The molecule has 0 saturated heterocycles. The molecule has 0 aliphatic rings. The smallest absolute Gasteiger partial charge is 0.338 e. The van der Waals surface area contributed by atoms with Crippen molar-refractivity contribution in [3.63, 3.8) is 0 Å². The van der Waals surface area contributed by atoms with Crippen molar-refractivity contribution < 1.29 is 27.8 Å². The van der Waals surface area contributed by atoms with Gasteiger partial charge in [-0.3, -0.25) is 9.05 Å². The quantitative estimate of drug-likeness (QED) is 0.0680. The lowest BCUT2D eigenvalue weighted by molar-refractivity contribution is -0.870. The van der Waals surface area contributed by atoms with Gasteiger partial charge in [-0.1, -0.05) is 103 Å². The summed E-state index contributed by atoms with van der Waals surface area (Å²) < 4.78 is 22.8. The van der Waals surface area contributed by atoms with Crippen LogP contribution in [0.3, 0.4) is 0 Å². The number of carbonyl (C=O) groups is 1. The summed E-state index contributed by atoms with van der Waals surface area (Å²) in [6, 6.07) is -0.161. The van der Waals surface area contributed by atoms with E-state index in [9.17, 15) is 14.3 Å². The van der Waals surface area contributed by atoms with Gasteiger partial charge < -0.3 is 19.6 Å². The number of amides is 2. The van der Waals surface area contributed by atoms with Gasteiger partial charge in [0.15, 0.2) is 0 Å². The van der Waals surface area contributed by atoms with Crippen LogP contribution < -0.4 is 5.32 Å². The Balaban J connectivity index is 3.88. The van der Waals surface area contributed by atoms with Crippen molar-refractivity contribution in [1.29, 1.82) is 0 Å². The number of phosphoric acid groups is 1. The summed E-state index contributed by atoms with van der Waals surface area (Å²) in [5, 5.41) is 2.82. The summed E-state index contributed by atoms with van der Waals surface area (Å²) in [6.07, 6.45) is 21.0. The van der Waals surface area contributed by atoms with Crippen LogP contribution in [0.1, 0.15) is 117 Å². The minimum absolute atomic E-state index is 0.0336. The number of hydrogen-bond acceptors (Lipinski definition) is 4. The van der Waals surface area contributed by atoms with Gasteiger partial charge >= 0.3 is 13.9 Å². The predicted octanol–water partition coefficient (Wildman–Crippen LogP) is 7.12. The van der Waals surface area contributed by atoms with Gasteiger partial charge in [0.05, 0.1) is 27.7 Å². The average molecular weight is 551 g/mol. The number of nitrogens with zero attached hydrogens (tertiary/aromatic N) is 2. The fraction of sp³-hybridized carbons (Fsp3) is 0.964. The van der Waals surface area contributed by atoms with Gasteiger partial charge in [-0.2, -0.15) is 0 Å². The molecule has 37 heavy (non-hydrogen) atoms. The number of phosphoric ester groups is 1. The lowest BCUT2D eigenvalue weighted by Gasteiger charge is -2.25. The van der Waals surface area contributed by atoms with Crippen LogP contribution in [0.15, 0.2) is 0 Å². The molecule has 0 aromatic rings. The molecule has 0 bridgehead atoms. The largest absolute Gasteiger partial charge is 0.472 e. The average Bonchev–Trinajstić information content (AvgIpc) is 2.81. The summed E-state index contributed by atoms with van der Waals surface area (Å²) in [5.74, 6) is 0. The molecular weight excluding hydrogens is 489 g/mol. The van der Waals surface area contributed by atoms with Crippen molar-refractivity contribution >= 4 is 13.9 Å². The van der Waals surface area contributed by atoms with Gasteiger partial charge in [-0.15, -0.1) is 0 Å². The highest BCUT2D eigenvalue weighted by atomic mass is 31.2. The third kappa shape index (κ3) is 25.4. The molecule has 8 nitrogen and oxygen atoms in total. The zero-order chi connectivity index (χ0) is 27.8. The normalized spacial score (nSPS) is 13.5. The molecule has 0 aliphatic carbocycles. The molecule has 9 heteroatoms. The first-order valence-electron chi connectivity index (χ1n) is 15.1. The van der Waals surface area contributed by atoms with Gasteiger partial charge in [0.25, 0.3) is 0 Å². The Kier molecular flexibility index (Phi) is 22.8. The molecule has 0 rings (SSSR count). The van der Waals surface area contributed by atoms with E-state index in [1.807, 2.05) is 28.1 Å². The van der Waals surface area contributed by atoms with Crippen molar-refractivity contribution in [3.05, 3.63) is 0 Å². The second-order valence-electron chi connectivity index (χ2n) is 11.3. The molecule has 0 fully saturated rings. The van der Waals surface area contributed by atoms with Crippen molar-refractivity contribution in [2.75, 3.05) is 60.5 Å². The number of urea groups is 1. The van der Waals surface area contributed by atoms with E-state index in [1.165, 1.54) is 89.9 Å². The van der Waals surface area contributed by atoms with Gasteiger partial charge in [-0.25, -0.2) is 9.36 Å². The molecule has 1 atom stereocenters. The maximum Gasteiger partial charge on any atom is 0.472 e. The SMILES string of the molecule is CCCCCCCCCCCCCCCCCCN(CCOP(=O)(O)OCC[N+](C)(C)C)C(=O)NCC. The van der Waals surface area contributed by atoms with Crippen molar-refractivity contribution in [2.45, 2.75) is 117 Å². The molecule has 1 unspecified atom stereocenters. The van der Waals surface area contributed by atoms with Gasteiger partial charge in [-0.05, 0) is 13.3 Å². The Labute approximate surface area is 229 Å². The predicted molar refractivity (Wildman–Crippen MR) is 155 cm³/mol.